The number of hydrogen-bond acceptors (Lipinski definition) is 5. The molecule has 0 saturated heterocycles. The molecule has 11 heteroatoms. The maximum absolute atomic E-state index is 13.1. The lowest BCUT2D eigenvalue weighted by molar-refractivity contribution is -0.384. The molecule has 1 N–H and O–H groups in total. The number of benzene rings is 2. The van der Waals surface area contributed by atoms with Crippen molar-refractivity contribution in [1.29, 1.82) is 0 Å². The van der Waals surface area contributed by atoms with Gasteiger partial charge in [0.2, 0.25) is 10.0 Å². The number of hydrogen-bond donors (Lipinski definition) is 1. The van der Waals surface area contributed by atoms with Gasteiger partial charge in [-0.05, 0) is 48.0 Å². The number of nitrogens with one attached hydrogen (secondary N) is 1. The molecule has 176 valence electrons. The number of halogens is 2. The van der Waals surface area contributed by atoms with Gasteiger partial charge in [-0.25, -0.2) is 13.1 Å². The maximum atomic E-state index is 13.1. The highest BCUT2D eigenvalue weighted by molar-refractivity contribution is 9.10. The monoisotopic (exact) mass is 606 g/mol. The number of alkyl halides is 1. The van der Waals surface area contributed by atoms with Gasteiger partial charge in [-0.15, -0.1) is 0 Å². The quantitative estimate of drug-likeness (QED) is 0.159. The van der Waals surface area contributed by atoms with Gasteiger partial charge < -0.3 is 4.43 Å². The molecule has 0 spiro atoms. The zero-order chi connectivity index (χ0) is 24.3. The first-order valence-electron chi connectivity index (χ1n) is 9.94. The van der Waals surface area contributed by atoms with Crippen LogP contribution in [0.1, 0.15) is 32.4 Å². The summed E-state index contributed by atoms with van der Waals surface area (Å²) in [5, 5.41) is 10.9. The Labute approximate surface area is 207 Å². The lowest BCUT2D eigenvalue weighted by Crippen LogP contribution is -2.44. The summed E-state index contributed by atoms with van der Waals surface area (Å²) in [5.41, 5.74) is 0.583. The standard InChI is InChI=1S/C21H28Br2N2O5SSi/c1-21(2,3)32(4,5)30-14-19(23)20(15-7-6-8-16(22)13-15)24-31(28,29)18-11-9-17(10-12-18)25(26)27/h6-13,19-20,24H,14H2,1-5H3/t19-,20+/m0/s1. The average molecular weight is 608 g/mol. The van der Waals surface area contributed by atoms with Gasteiger partial charge in [0, 0.05) is 23.2 Å². The van der Waals surface area contributed by atoms with Crippen LogP contribution in [0.4, 0.5) is 5.69 Å². The van der Waals surface area contributed by atoms with Gasteiger partial charge in [-0.1, -0.05) is 64.8 Å². The van der Waals surface area contributed by atoms with E-state index in [2.05, 4.69) is 70.4 Å². The summed E-state index contributed by atoms with van der Waals surface area (Å²) in [7, 11) is -6.00. The highest BCUT2D eigenvalue weighted by Gasteiger charge is 2.38. The molecule has 0 aliphatic carbocycles. The SMILES string of the molecule is CC(C)(C)[Si](C)(C)OC[C@H](Br)[C@H](NS(=O)(=O)c1ccc([N+](=O)[O-])cc1)c1cccc(Br)c1. The van der Waals surface area contributed by atoms with Crippen LogP contribution in [0, 0.1) is 10.1 Å². The minimum absolute atomic E-state index is 0.0171. The molecule has 0 unspecified atom stereocenters. The lowest BCUT2D eigenvalue weighted by atomic mass is 10.1. The van der Waals surface area contributed by atoms with Gasteiger partial charge >= 0.3 is 0 Å². The summed E-state index contributed by atoms with van der Waals surface area (Å²) < 4.78 is 36.1. The van der Waals surface area contributed by atoms with Gasteiger partial charge in [0.25, 0.3) is 5.69 Å². The van der Waals surface area contributed by atoms with Gasteiger partial charge in [-0.3, -0.25) is 10.1 Å². The molecular weight excluding hydrogens is 580 g/mol. The zero-order valence-corrected chi connectivity index (χ0v) is 23.6. The molecule has 0 amide bonds. The normalized spacial score (nSPS) is 14.7. The fraction of sp³-hybridized carbons (Fsp3) is 0.429. The predicted octanol–water partition coefficient (Wildman–Crippen LogP) is 6.16. The van der Waals surface area contributed by atoms with E-state index >= 15 is 0 Å². The third kappa shape index (κ3) is 6.94. The molecular formula is C21H28Br2N2O5SSi. The maximum Gasteiger partial charge on any atom is 0.269 e. The van der Waals surface area contributed by atoms with Crippen LogP contribution in [-0.4, -0.2) is 33.1 Å². The topological polar surface area (TPSA) is 98.5 Å². The largest absolute Gasteiger partial charge is 0.416 e. The third-order valence-electron chi connectivity index (χ3n) is 5.62. The van der Waals surface area contributed by atoms with Crippen LogP contribution in [-0.2, 0) is 14.4 Å². The lowest BCUT2D eigenvalue weighted by Gasteiger charge is -2.37. The Morgan fingerprint density at radius 2 is 1.75 bits per heavy atom. The van der Waals surface area contributed by atoms with Crippen molar-refractivity contribution in [3.8, 4) is 0 Å². The summed E-state index contributed by atoms with van der Waals surface area (Å²) in [6.07, 6.45) is 0. The minimum atomic E-state index is -3.95. The summed E-state index contributed by atoms with van der Waals surface area (Å²) in [6, 6.07) is 11.6. The smallest absolute Gasteiger partial charge is 0.269 e. The van der Waals surface area contributed by atoms with E-state index in [1.165, 1.54) is 24.3 Å². The molecule has 0 saturated carbocycles. The van der Waals surface area contributed by atoms with E-state index in [-0.39, 0.29) is 20.4 Å². The summed E-state index contributed by atoms with van der Waals surface area (Å²) in [5.74, 6) is 0. The van der Waals surface area contributed by atoms with Crippen molar-refractivity contribution < 1.29 is 17.8 Å². The van der Waals surface area contributed by atoms with Crippen LogP contribution in [0.5, 0.6) is 0 Å². The Hall–Kier alpha value is -1.11. The van der Waals surface area contributed by atoms with E-state index in [0.717, 1.165) is 10.0 Å². The van der Waals surface area contributed by atoms with Gasteiger partial charge in [-0.2, -0.15) is 0 Å². The number of nitro benzene ring substituents is 1. The Balaban J connectivity index is 2.34. The molecule has 2 aromatic rings. The average Bonchev–Trinajstić information content (AvgIpc) is 2.69. The van der Waals surface area contributed by atoms with Gasteiger partial charge in [0.15, 0.2) is 8.32 Å². The molecule has 2 aromatic carbocycles. The molecule has 2 atom stereocenters. The van der Waals surface area contributed by atoms with Crippen molar-refractivity contribution in [3.05, 3.63) is 68.7 Å². The van der Waals surface area contributed by atoms with Crippen molar-refractivity contribution in [2.45, 2.75) is 54.7 Å². The summed E-state index contributed by atoms with van der Waals surface area (Å²) in [4.78, 5) is 9.92. The minimum Gasteiger partial charge on any atom is -0.416 e. The molecule has 0 radical (unpaired) electrons. The highest BCUT2D eigenvalue weighted by Crippen LogP contribution is 2.37. The van der Waals surface area contributed by atoms with Crippen molar-refractivity contribution >= 4 is 55.9 Å². The van der Waals surface area contributed by atoms with Crippen molar-refractivity contribution in [2.24, 2.45) is 0 Å². The molecule has 0 aromatic heterocycles. The van der Waals surface area contributed by atoms with Crippen LogP contribution < -0.4 is 4.72 Å². The Morgan fingerprint density at radius 1 is 1.16 bits per heavy atom. The van der Waals surface area contributed by atoms with E-state index in [9.17, 15) is 18.5 Å². The second-order valence-corrected chi connectivity index (χ2v) is 17.6. The highest BCUT2D eigenvalue weighted by atomic mass is 79.9. The second-order valence-electron chi connectivity index (χ2n) is 8.99. The van der Waals surface area contributed by atoms with E-state index in [1.54, 1.807) is 0 Å². The van der Waals surface area contributed by atoms with Crippen molar-refractivity contribution in [1.82, 2.24) is 4.72 Å². The second kappa shape index (κ2) is 10.4. The number of sulfonamides is 1. The Kier molecular flexibility index (Phi) is 8.85. The van der Waals surface area contributed by atoms with Crippen LogP contribution in [0.3, 0.4) is 0 Å². The predicted molar refractivity (Wildman–Crippen MR) is 136 cm³/mol. The first-order chi connectivity index (χ1) is 14.6. The van der Waals surface area contributed by atoms with Crippen LogP contribution in [0.2, 0.25) is 18.1 Å². The van der Waals surface area contributed by atoms with E-state index in [4.69, 9.17) is 4.43 Å². The van der Waals surface area contributed by atoms with Crippen molar-refractivity contribution in [2.75, 3.05) is 6.61 Å². The number of nitrogens with zero attached hydrogens (tertiary/aromatic N) is 1. The van der Waals surface area contributed by atoms with Crippen molar-refractivity contribution in [3.63, 3.8) is 0 Å². The fourth-order valence-electron chi connectivity index (χ4n) is 2.63. The van der Waals surface area contributed by atoms with Crippen LogP contribution in [0.15, 0.2) is 57.9 Å². The first kappa shape index (κ1) is 27.1. The van der Waals surface area contributed by atoms with Crippen LogP contribution in [0.25, 0.3) is 0 Å². The first-order valence-corrected chi connectivity index (χ1v) is 16.0. The van der Waals surface area contributed by atoms with Gasteiger partial charge in [0.05, 0.1) is 20.7 Å². The number of rotatable bonds is 9. The van der Waals surface area contributed by atoms with E-state index in [0.29, 0.717) is 6.61 Å². The molecule has 0 aliphatic rings. The zero-order valence-electron chi connectivity index (χ0n) is 18.6. The number of nitro groups is 1. The molecule has 0 aliphatic heterocycles. The molecule has 0 bridgehead atoms. The molecule has 2 rings (SSSR count). The summed E-state index contributed by atoms with van der Waals surface area (Å²) in [6.45, 7) is 11.0. The molecule has 32 heavy (non-hydrogen) atoms. The molecule has 0 fully saturated rings. The third-order valence-corrected chi connectivity index (χ3v) is 12.9. The van der Waals surface area contributed by atoms with Gasteiger partial charge in [0.1, 0.15) is 0 Å². The molecule has 0 heterocycles. The van der Waals surface area contributed by atoms with E-state index < -0.39 is 29.3 Å². The summed E-state index contributed by atoms with van der Waals surface area (Å²) >= 11 is 7.09. The van der Waals surface area contributed by atoms with Crippen LogP contribution >= 0.6 is 31.9 Å². The fourth-order valence-corrected chi connectivity index (χ4v) is 6.33. The van der Waals surface area contributed by atoms with E-state index in [1.807, 2.05) is 24.3 Å². The number of non-ortho nitro benzene ring substituents is 1. The molecule has 7 nitrogen and oxygen atoms in total. The Bertz CT molecular complexity index is 1060. The Morgan fingerprint density at radius 3 is 2.25 bits per heavy atom.